The van der Waals surface area contributed by atoms with Gasteiger partial charge in [0.15, 0.2) is 0 Å². The monoisotopic (exact) mass is 442 g/mol. The third kappa shape index (κ3) is 6.14. The minimum atomic E-state index is -0.300. The first kappa shape index (κ1) is 23.8. The summed E-state index contributed by atoms with van der Waals surface area (Å²) in [5.41, 5.74) is 0. The molecule has 178 valence electrons. The van der Waals surface area contributed by atoms with Crippen LogP contribution in [0.1, 0.15) is 103 Å². The van der Waals surface area contributed by atoms with Gasteiger partial charge in [-0.15, -0.1) is 0 Å². The lowest BCUT2D eigenvalue weighted by molar-refractivity contribution is -0.144. The molecule has 0 aromatic heterocycles. The lowest BCUT2D eigenvalue weighted by atomic mass is 9.59. The molecule has 3 aliphatic carbocycles. The minimum absolute atomic E-state index is 0.0265. The molecule has 0 amide bonds. The van der Waals surface area contributed by atoms with Gasteiger partial charge in [0.2, 0.25) is 0 Å². The van der Waals surface area contributed by atoms with Crippen molar-refractivity contribution >= 4 is 5.97 Å². The van der Waals surface area contributed by atoms with Crippen molar-refractivity contribution < 1.29 is 13.9 Å². The van der Waals surface area contributed by atoms with Crippen molar-refractivity contribution in [2.45, 2.75) is 103 Å². The fraction of sp³-hybridized carbons (Fsp3) is 0.759. The van der Waals surface area contributed by atoms with Crippen molar-refractivity contribution in [3.8, 4) is 5.75 Å². The number of unbranched alkanes of at least 4 members (excludes halogenated alkanes) is 3. The number of halogens is 1. The van der Waals surface area contributed by atoms with Crippen molar-refractivity contribution in [2.24, 2.45) is 35.5 Å². The summed E-state index contributed by atoms with van der Waals surface area (Å²) in [6, 6.07) is 5.84. The van der Waals surface area contributed by atoms with Gasteiger partial charge < -0.3 is 4.74 Å². The third-order valence-electron chi connectivity index (χ3n) is 9.05. The van der Waals surface area contributed by atoms with Gasteiger partial charge >= 0.3 is 5.97 Å². The first-order valence-corrected chi connectivity index (χ1v) is 13.6. The molecule has 0 saturated heterocycles. The molecule has 0 N–H and O–H groups in total. The van der Waals surface area contributed by atoms with Crippen LogP contribution in [0.2, 0.25) is 0 Å². The van der Waals surface area contributed by atoms with Crippen molar-refractivity contribution in [3.63, 3.8) is 0 Å². The molecule has 3 heteroatoms. The summed E-state index contributed by atoms with van der Waals surface area (Å²) < 4.78 is 18.8. The highest BCUT2D eigenvalue weighted by molar-refractivity contribution is 5.75. The Hall–Kier alpha value is -1.38. The Morgan fingerprint density at radius 2 is 1.62 bits per heavy atom. The second-order valence-corrected chi connectivity index (χ2v) is 11.0. The maximum Gasteiger partial charge on any atom is 0.314 e. The van der Waals surface area contributed by atoms with E-state index < -0.39 is 0 Å². The molecule has 1 aromatic carbocycles. The lowest BCUT2D eigenvalue weighted by Crippen LogP contribution is -2.40. The molecule has 0 bridgehead atoms. The number of rotatable bonds is 8. The highest BCUT2D eigenvalue weighted by Crippen LogP contribution is 2.50. The topological polar surface area (TPSA) is 26.3 Å². The van der Waals surface area contributed by atoms with E-state index in [4.69, 9.17) is 4.74 Å². The average Bonchev–Trinajstić information content (AvgIpc) is 2.83. The Labute approximate surface area is 194 Å². The fourth-order valence-corrected chi connectivity index (χ4v) is 7.22. The number of ether oxygens (including phenoxy) is 1. The Bertz CT molecular complexity index is 706. The van der Waals surface area contributed by atoms with Crippen LogP contribution < -0.4 is 4.74 Å². The Morgan fingerprint density at radius 3 is 2.38 bits per heavy atom. The lowest BCUT2D eigenvalue weighted by Gasteiger charge is -2.46. The zero-order chi connectivity index (χ0) is 22.3. The van der Waals surface area contributed by atoms with E-state index in [9.17, 15) is 9.18 Å². The van der Waals surface area contributed by atoms with Crippen LogP contribution in [0.25, 0.3) is 0 Å². The fourth-order valence-electron chi connectivity index (χ4n) is 7.22. The number of fused-ring (bicyclic) bond motifs is 1. The molecule has 4 unspecified atom stereocenters. The second kappa shape index (κ2) is 11.7. The third-order valence-corrected chi connectivity index (χ3v) is 9.05. The Kier molecular flexibility index (Phi) is 8.66. The van der Waals surface area contributed by atoms with Gasteiger partial charge in [0.1, 0.15) is 11.6 Å². The molecule has 4 atom stereocenters. The summed E-state index contributed by atoms with van der Waals surface area (Å²) in [5, 5.41) is 0. The highest BCUT2D eigenvalue weighted by atomic mass is 19.1. The quantitative estimate of drug-likeness (QED) is 0.230. The van der Waals surface area contributed by atoms with Crippen molar-refractivity contribution in [1.29, 1.82) is 0 Å². The van der Waals surface area contributed by atoms with Gasteiger partial charge in [-0.1, -0.05) is 64.7 Å². The van der Waals surface area contributed by atoms with E-state index in [0.717, 1.165) is 30.6 Å². The van der Waals surface area contributed by atoms with Crippen molar-refractivity contribution in [2.75, 3.05) is 0 Å². The molecule has 2 nitrogen and oxygen atoms in total. The van der Waals surface area contributed by atoms with E-state index in [2.05, 4.69) is 6.92 Å². The molecular formula is C29H43FO2. The van der Waals surface area contributed by atoms with Gasteiger partial charge in [0, 0.05) is 0 Å². The van der Waals surface area contributed by atoms with E-state index in [-0.39, 0.29) is 17.7 Å². The number of hydrogen-bond acceptors (Lipinski definition) is 2. The summed E-state index contributed by atoms with van der Waals surface area (Å²) in [5.74, 6) is 4.08. The standard InChI is InChI=1S/C29H43FO2/c1-2-3-4-5-7-21-10-12-22(13-11-21)23-14-19-27-24(20-23)8-6-9-28(27)29(31)32-26-17-15-25(30)16-18-26/h15-18,21-24,27-28H,2-14,19-20H2,1H3. The van der Waals surface area contributed by atoms with E-state index in [1.807, 2.05) is 0 Å². The van der Waals surface area contributed by atoms with Gasteiger partial charge in [-0.05, 0) is 92.4 Å². The van der Waals surface area contributed by atoms with Crippen LogP contribution in [0.5, 0.6) is 5.75 Å². The summed E-state index contributed by atoms with van der Waals surface area (Å²) >= 11 is 0. The smallest absolute Gasteiger partial charge is 0.314 e. The number of esters is 1. The SMILES string of the molecule is CCCCCCC1CCC(C2CCC3C(CCCC3C(=O)Oc3ccc(F)cc3)C2)CC1. The number of carbonyl (C=O) groups excluding carboxylic acids is 1. The van der Waals surface area contributed by atoms with Crippen LogP contribution in [-0.4, -0.2) is 5.97 Å². The molecule has 4 rings (SSSR count). The molecule has 0 radical (unpaired) electrons. The van der Waals surface area contributed by atoms with Crippen molar-refractivity contribution in [3.05, 3.63) is 30.1 Å². The van der Waals surface area contributed by atoms with E-state index >= 15 is 0 Å². The molecule has 3 fully saturated rings. The predicted molar refractivity (Wildman–Crippen MR) is 128 cm³/mol. The van der Waals surface area contributed by atoms with Gasteiger partial charge in [0.25, 0.3) is 0 Å². The van der Waals surface area contributed by atoms with Crippen LogP contribution in [0, 0.1) is 41.3 Å². The van der Waals surface area contributed by atoms with Crippen LogP contribution in [-0.2, 0) is 4.79 Å². The van der Waals surface area contributed by atoms with Crippen LogP contribution in [0.4, 0.5) is 4.39 Å². The maximum atomic E-state index is 13.2. The second-order valence-electron chi connectivity index (χ2n) is 11.0. The van der Waals surface area contributed by atoms with E-state index in [1.165, 1.54) is 95.6 Å². The molecule has 3 aliphatic rings. The molecular weight excluding hydrogens is 399 g/mol. The van der Waals surface area contributed by atoms with Crippen molar-refractivity contribution in [1.82, 2.24) is 0 Å². The number of carbonyl (C=O) groups is 1. The summed E-state index contributed by atoms with van der Waals surface area (Å²) in [7, 11) is 0. The minimum Gasteiger partial charge on any atom is -0.426 e. The largest absolute Gasteiger partial charge is 0.426 e. The molecule has 0 spiro atoms. The Morgan fingerprint density at radius 1 is 0.875 bits per heavy atom. The summed E-state index contributed by atoms with van der Waals surface area (Å²) in [6.45, 7) is 2.29. The van der Waals surface area contributed by atoms with Gasteiger partial charge in [-0.2, -0.15) is 0 Å². The Balaban J connectivity index is 1.25. The van der Waals surface area contributed by atoms with E-state index in [1.54, 1.807) is 12.1 Å². The molecule has 0 heterocycles. The number of benzene rings is 1. The predicted octanol–water partition coefficient (Wildman–Crippen LogP) is 8.34. The first-order chi connectivity index (χ1) is 15.6. The molecule has 0 aliphatic heterocycles. The van der Waals surface area contributed by atoms with Gasteiger partial charge in [-0.3, -0.25) is 4.79 Å². The molecule has 3 saturated carbocycles. The van der Waals surface area contributed by atoms with Crippen LogP contribution in [0.15, 0.2) is 24.3 Å². The summed E-state index contributed by atoms with van der Waals surface area (Å²) in [6.07, 6.45) is 20.0. The van der Waals surface area contributed by atoms with Crippen LogP contribution in [0.3, 0.4) is 0 Å². The van der Waals surface area contributed by atoms with Gasteiger partial charge in [-0.25, -0.2) is 4.39 Å². The van der Waals surface area contributed by atoms with Crippen LogP contribution >= 0.6 is 0 Å². The maximum absolute atomic E-state index is 13.2. The first-order valence-electron chi connectivity index (χ1n) is 13.6. The van der Waals surface area contributed by atoms with E-state index in [0.29, 0.717) is 17.6 Å². The highest BCUT2D eigenvalue weighted by Gasteiger charge is 2.43. The zero-order valence-corrected chi connectivity index (χ0v) is 20.1. The normalized spacial score (nSPS) is 32.8. The molecule has 32 heavy (non-hydrogen) atoms. The number of hydrogen-bond donors (Lipinski definition) is 0. The average molecular weight is 443 g/mol. The zero-order valence-electron chi connectivity index (χ0n) is 20.1. The summed E-state index contributed by atoms with van der Waals surface area (Å²) in [4.78, 5) is 12.9. The van der Waals surface area contributed by atoms with Gasteiger partial charge in [0.05, 0.1) is 5.92 Å². The molecule has 1 aromatic rings.